The highest BCUT2D eigenvalue weighted by Crippen LogP contribution is 2.45. The van der Waals surface area contributed by atoms with Crippen LogP contribution in [0.25, 0.3) is 0 Å². The second-order valence-corrected chi connectivity index (χ2v) is 5.51. The SMILES string of the molecule is Cc1nc(CNC(=O)C2(C(N)=NO)CC(C)C2)oc1C. The number of hydrogen-bond donors (Lipinski definition) is 3. The Morgan fingerprint density at radius 2 is 2.25 bits per heavy atom. The van der Waals surface area contributed by atoms with E-state index in [1.807, 2.05) is 20.8 Å². The minimum atomic E-state index is -0.898. The number of oxazole rings is 1. The molecule has 7 nitrogen and oxygen atoms in total. The molecule has 0 aromatic carbocycles. The predicted molar refractivity (Wildman–Crippen MR) is 72.1 cm³/mol. The zero-order valence-corrected chi connectivity index (χ0v) is 11.9. The van der Waals surface area contributed by atoms with Crippen LogP contribution in [-0.4, -0.2) is 21.9 Å². The minimum Gasteiger partial charge on any atom is -0.444 e. The van der Waals surface area contributed by atoms with E-state index in [-0.39, 0.29) is 18.3 Å². The van der Waals surface area contributed by atoms with E-state index in [1.54, 1.807) is 0 Å². The zero-order valence-electron chi connectivity index (χ0n) is 11.9. The van der Waals surface area contributed by atoms with Crippen molar-refractivity contribution >= 4 is 11.7 Å². The van der Waals surface area contributed by atoms with Gasteiger partial charge in [-0.15, -0.1) is 0 Å². The Bertz CT molecular complexity index is 524. The van der Waals surface area contributed by atoms with Gasteiger partial charge in [0, 0.05) is 0 Å². The maximum atomic E-state index is 12.3. The first-order valence-corrected chi connectivity index (χ1v) is 6.58. The fourth-order valence-corrected chi connectivity index (χ4v) is 2.68. The van der Waals surface area contributed by atoms with Crippen LogP contribution in [-0.2, 0) is 11.3 Å². The summed E-state index contributed by atoms with van der Waals surface area (Å²) in [6.07, 6.45) is 1.16. The molecule has 4 N–H and O–H groups in total. The lowest BCUT2D eigenvalue weighted by atomic mass is 9.61. The summed E-state index contributed by atoms with van der Waals surface area (Å²) in [5.74, 6) is 1.28. The Balaban J connectivity index is 2.03. The smallest absolute Gasteiger partial charge is 0.234 e. The fourth-order valence-electron chi connectivity index (χ4n) is 2.68. The lowest BCUT2D eigenvalue weighted by molar-refractivity contribution is -0.133. The number of nitrogens with one attached hydrogen (secondary N) is 1. The molecule has 110 valence electrons. The number of oxime groups is 1. The molecule has 0 radical (unpaired) electrons. The summed E-state index contributed by atoms with van der Waals surface area (Å²) >= 11 is 0. The lowest BCUT2D eigenvalue weighted by Crippen LogP contribution is -2.56. The van der Waals surface area contributed by atoms with Crippen molar-refractivity contribution in [2.45, 2.75) is 40.2 Å². The van der Waals surface area contributed by atoms with Crippen molar-refractivity contribution in [3.8, 4) is 0 Å². The summed E-state index contributed by atoms with van der Waals surface area (Å²) < 4.78 is 5.40. The number of amides is 1. The number of amidine groups is 1. The number of carbonyl (C=O) groups excluding carboxylic acids is 1. The van der Waals surface area contributed by atoms with Crippen LogP contribution in [0.1, 0.15) is 37.1 Å². The van der Waals surface area contributed by atoms with Gasteiger partial charge in [-0.05, 0) is 32.6 Å². The van der Waals surface area contributed by atoms with Gasteiger partial charge in [0.1, 0.15) is 11.2 Å². The number of aryl methyl sites for hydroxylation is 2. The third kappa shape index (κ3) is 2.35. The first-order valence-electron chi connectivity index (χ1n) is 6.58. The Morgan fingerprint density at radius 3 is 2.70 bits per heavy atom. The minimum absolute atomic E-state index is 0.0344. The molecule has 0 atom stereocenters. The van der Waals surface area contributed by atoms with E-state index >= 15 is 0 Å². The molecule has 1 aromatic rings. The van der Waals surface area contributed by atoms with Crippen LogP contribution in [0.3, 0.4) is 0 Å². The van der Waals surface area contributed by atoms with E-state index in [1.165, 1.54) is 0 Å². The summed E-state index contributed by atoms with van der Waals surface area (Å²) in [4.78, 5) is 16.5. The molecule has 0 saturated heterocycles. The molecule has 7 heteroatoms. The van der Waals surface area contributed by atoms with E-state index in [4.69, 9.17) is 15.4 Å². The molecular formula is C13H20N4O3. The van der Waals surface area contributed by atoms with E-state index in [0.717, 1.165) is 11.5 Å². The first-order chi connectivity index (χ1) is 9.39. The molecular weight excluding hydrogens is 260 g/mol. The van der Waals surface area contributed by atoms with Crippen molar-refractivity contribution in [2.75, 3.05) is 0 Å². The molecule has 1 amide bonds. The fraction of sp³-hybridized carbons (Fsp3) is 0.615. The van der Waals surface area contributed by atoms with Crippen molar-refractivity contribution in [2.24, 2.45) is 22.2 Å². The summed E-state index contributed by atoms with van der Waals surface area (Å²) in [5.41, 5.74) is 5.58. The monoisotopic (exact) mass is 280 g/mol. The van der Waals surface area contributed by atoms with Crippen LogP contribution in [0.4, 0.5) is 0 Å². The largest absolute Gasteiger partial charge is 0.444 e. The van der Waals surface area contributed by atoms with Gasteiger partial charge >= 0.3 is 0 Å². The molecule has 0 unspecified atom stereocenters. The molecule has 0 aliphatic heterocycles. The number of carbonyl (C=O) groups is 1. The highest BCUT2D eigenvalue weighted by Gasteiger charge is 2.52. The maximum Gasteiger partial charge on any atom is 0.234 e. The molecule has 1 aliphatic rings. The van der Waals surface area contributed by atoms with Crippen molar-refractivity contribution in [1.82, 2.24) is 10.3 Å². The standard InChI is InChI=1S/C13H20N4O3/c1-7-4-13(5-7,11(14)17-19)12(18)15-6-10-16-8(2)9(3)20-10/h7,19H,4-6H2,1-3H3,(H2,14,17)(H,15,18). The van der Waals surface area contributed by atoms with Crippen LogP contribution in [0.5, 0.6) is 0 Å². The van der Waals surface area contributed by atoms with Crippen LogP contribution < -0.4 is 11.1 Å². The number of nitrogens with two attached hydrogens (primary N) is 1. The van der Waals surface area contributed by atoms with Gasteiger partial charge in [0.15, 0.2) is 5.84 Å². The van der Waals surface area contributed by atoms with Crippen molar-refractivity contribution in [1.29, 1.82) is 0 Å². The molecule has 1 aromatic heterocycles. The van der Waals surface area contributed by atoms with Gasteiger partial charge in [0.2, 0.25) is 11.8 Å². The van der Waals surface area contributed by atoms with E-state index < -0.39 is 5.41 Å². The summed E-state index contributed by atoms with van der Waals surface area (Å²) in [6.45, 7) is 5.88. The van der Waals surface area contributed by atoms with E-state index in [9.17, 15) is 4.79 Å². The topological polar surface area (TPSA) is 114 Å². The number of aromatic nitrogens is 1. The zero-order chi connectivity index (χ0) is 14.9. The van der Waals surface area contributed by atoms with Crippen molar-refractivity contribution < 1.29 is 14.4 Å². The Labute approximate surface area is 117 Å². The molecule has 0 spiro atoms. The lowest BCUT2D eigenvalue weighted by Gasteiger charge is -2.43. The maximum absolute atomic E-state index is 12.3. The second kappa shape index (κ2) is 5.15. The predicted octanol–water partition coefficient (Wildman–Crippen LogP) is 1.07. The van der Waals surface area contributed by atoms with Gasteiger partial charge in [-0.3, -0.25) is 4.79 Å². The Morgan fingerprint density at radius 1 is 1.60 bits per heavy atom. The second-order valence-electron chi connectivity index (χ2n) is 5.51. The van der Waals surface area contributed by atoms with Gasteiger partial charge in [-0.25, -0.2) is 4.98 Å². The normalized spacial score (nSPS) is 26.1. The van der Waals surface area contributed by atoms with Crippen LogP contribution >= 0.6 is 0 Å². The number of nitrogens with zero attached hydrogens (tertiary/aromatic N) is 2. The molecule has 20 heavy (non-hydrogen) atoms. The first kappa shape index (κ1) is 14.4. The third-order valence-electron chi connectivity index (χ3n) is 3.90. The number of rotatable bonds is 4. The van der Waals surface area contributed by atoms with E-state index in [0.29, 0.717) is 24.7 Å². The molecule has 1 heterocycles. The highest BCUT2D eigenvalue weighted by molar-refractivity contribution is 6.07. The molecule has 1 fully saturated rings. The van der Waals surface area contributed by atoms with Crippen molar-refractivity contribution in [3.05, 3.63) is 17.3 Å². The van der Waals surface area contributed by atoms with Crippen LogP contribution in [0.15, 0.2) is 9.57 Å². The van der Waals surface area contributed by atoms with Crippen LogP contribution in [0.2, 0.25) is 0 Å². The Kier molecular flexibility index (Phi) is 3.69. The van der Waals surface area contributed by atoms with Gasteiger partial charge in [0.05, 0.1) is 12.2 Å². The molecule has 0 bridgehead atoms. The van der Waals surface area contributed by atoms with Gasteiger partial charge < -0.3 is 20.7 Å². The van der Waals surface area contributed by atoms with Gasteiger partial charge in [-0.2, -0.15) is 0 Å². The third-order valence-corrected chi connectivity index (χ3v) is 3.90. The highest BCUT2D eigenvalue weighted by atomic mass is 16.4. The summed E-state index contributed by atoms with van der Waals surface area (Å²) in [6, 6.07) is 0. The van der Waals surface area contributed by atoms with Gasteiger partial charge in [-0.1, -0.05) is 12.1 Å². The molecule has 1 saturated carbocycles. The summed E-state index contributed by atoms with van der Waals surface area (Å²) in [7, 11) is 0. The summed E-state index contributed by atoms with van der Waals surface area (Å²) in [5, 5.41) is 14.6. The number of hydrogen-bond acceptors (Lipinski definition) is 5. The molecule has 1 aliphatic carbocycles. The van der Waals surface area contributed by atoms with Crippen LogP contribution in [0, 0.1) is 25.2 Å². The quantitative estimate of drug-likeness (QED) is 0.330. The average molecular weight is 280 g/mol. The van der Waals surface area contributed by atoms with Crippen molar-refractivity contribution in [3.63, 3.8) is 0 Å². The molecule has 2 rings (SSSR count). The Hall–Kier alpha value is -2.05. The van der Waals surface area contributed by atoms with Gasteiger partial charge in [0.25, 0.3) is 0 Å². The van der Waals surface area contributed by atoms with E-state index in [2.05, 4.69) is 15.5 Å². The average Bonchev–Trinajstić information content (AvgIpc) is 2.70.